The van der Waals surface area contributed by atoms with Gasteiger partial charge in [-0.2, -0.15) is 0 Å². The molecule has 2 N–H and O–H groups in total. The minimum atomic E-state index is -1.18. The topological polar surface area (TPSA) is 83.8 Å². The van der Waals surface area contributed by atoms with E-state index in [1.807, 2.05) is 0 Å². The maximum absolute atomic E-state index is 10.6. The molecule has 0 aliphatic heterocycles. The Morgan fingerprint density at radius 3 is 2.38 bits per heavy atom. The van der Waals surface area contributed by atoms with Gasteiger partial charge in [-0.05, 0) is 19.3 Å². The highest BCUT2D eigenvalue weighted by molar-refractivity contribution is 5.90. The van der Waals surface area contributed by atoms with Gasteiger partial charge in [0.05, 0.1) is 6.61 Å². The summed E-state index contributed by atoms with van der Waals surface area (Å²) in [6, 6.07) is 0. The van der Waals surface area contributed by atoms with Crippen LogP contribution in [0.25, 0.3) is 0 Å². The second kappa shape index (κ2) is 7.54. The van der Waals surface area contributed by atoms with Crippen LogP contribution in [0.1, 0.15) is 25.7 Å². The summed E-state index contributed by atoms with van der Waals surface area (Å²) in [6.45, 7) is 0.356. The summed E-state index contributed by atoms with van der Waals surface area (Å²) in [4.78, 5) is 20.6. The zero-order valence-corrected chi connectivity index (χ0v) is 7.36. The maximum atomic E-state index is 10.6. The predicted molar refractivity (Wildman–Crippen MR) is 44.1 cm³/mol. The molecule has 0 spiro atoms. The van der Waals surface area contributed by atoms with Gasteiger partial charge < -0.3 is 14.9 Å². The average molecular weight is 190 g/mol. The highest BCUT2D eigenvalue weighted by Crippen LogP contribution is 1.96. The van der Waals surface area contributed by atoms with Crippen LogP contribution in [0.4, 0.5) is 0 Å². The first kappa shape index (κ1) is 11.9. The van der Waals surface area contributed by atoms with Crippen LogP contribution in [0.5, 0.6) is 0 Å². The standard InChI is InChI=1S/C8H14O5/c9-4-2-1-3-5-13-8(12)6-7(10)11/h9H,1-6H2,(H,10,11). The van der Waals surface area contributed by atoms with E-state index in [1.165, 1.54) is 0 Å². The number of hydrogen-bond donors (Lipinski definition) is 2. The number of aliphatic hydroxyl groups excluding tert-OH is 1. The van der Waals surface area contributed by atoms with Crippen molar-refractivity contribution >= 4 is 11.9 Å². The van der Waals surface area contributed by atoms with E-state index in [1.54, 1.807) is 0 Å². The zero-order chi connectivity index (χ0) is 10.1. The molecule has 0 aromatic rings. The van der Waals surface area contributed by atoms with Gasteiger partial charge in [-0.3, -0.25) is 9.59 Å². The van der Waals surface area contributed by atoms with Crippen molar-refractivity contribution in [1.82, 2.24) is 0 Å². The monoisotopic (exact) mass is 190 g/mol. The summed E-state index contributed by atoms with van der Waals surface area (Å²) in [5, 5.41) is 16.6. The van der Waals surface area contributed by atoms with Crippen LogP contribution in [-0.4, -0.2) is 35.4 Å². The van der Waals surface area contributed by atoms with Gasteiger partial charge in [-0.1, -0.05) is 0 Å². The van der Waals surface area contributed by atoms with Gasteiger partial charge in [0.1, 0.15) is 6.42 Å². The molecule has 0 aromatic carbocycles. The van der Waals surface area contributed by atoms with E-state index in [2.05, 4.69) is 4.74 Å². The Bertz CT molecular complexity index is 166. The number of ether oxygens (including phenoxy) is 1. The highest BCUT2D eigenvalue weighted by Gasteiger charge is 2.07. The fourth-order valence-electron chi connectivity index (χ4n) is 0.751. The number of hydrogen-bond acceptors (Lipinski definition) is 4. The molecule has 0 fully saturated rings. The number of aliphatic carboxylic acids is 1. The van der Waals surface area contributed by atoms with Gasteiger partial charge in [0, 0.05) is 6.61 Å². The van der Waals surface area contributed by atoms with Crippen LogP contribution in [0.2, 0.25) is 0 Å². The van der Waals surface area contributed by atoms with Gasteiger partial charge in [-0.25, -0.2) is 0 Å². The molecule has 5 nitrogen and oxygen atoms in total. The largest absolute Gasteiger partial charge is 0.481 e. The Labute approximate surface area is 76.3 Å². The smallest absolute Gasteiger partial charge is 0.317 e. The normalized spacial score (nSPS) is 9.62. The lowest BCUT2D eigenvalue weighted by Gasteiger charge is -2.01. The first-order valence-corrected chi connectivity index (χ1v) is 4.15. The third kappa shape index (κ3) is 8.81. The van der Waals surface area contributed by atoms with Crippen LogP contribution in [0.15, 0.2) is 0 Å². The number of unbranched alkanes of at least 4 members (excludes halogenated alkanes) is 2. The maximum Gasteiger partial charge on any atom is 0.317 e. The Balaban J connectivity index is 3.22. The summed E-state index contributed by atoms with van der Waals surface area (Å²) >= 11 is 0. The quantitative estimate of drug-likeness (QED) is 0.339. The zero-order valence-electron chi connectivity index (χ0n) is 7.36. The lowest BCUT2D eigenvalue weighted by Crippen LogP contribution is -2.11. The van der Waals surface area contributed by atoms with Crippen LogP contribution >= 0.6 is 0 Å². The molecule has 0 heterocycles. The fraction of sp³-hybridized carbons (Fsp3) is 0.750. The second-order valence-corrected chi connectivity index (χ2v) is 2.58. The molecule has 0 amide bonds. The van der Waals surface area contributed by atoms with E-state index in [4.69, 9.17) is 10.2 Å². The molecule has 0 rings (SSSR count). The minimum absolute atomic E-state index is 0.128. The summed E-state index contributed by atoms with van der Waals surface area (Å²) in [5.74, 6) is -1.89. The van der Waals surface area contributed by atoms with Gasteiger partial charge in [0.25, 0.3) is 0 Å². The molecule has 0 saturated carbocycles. The number of carboxylic acids is 1. The van der Waals surface area contributed by atoms with Crippen molar-refractivity contribution in [3.8, 4) is 0 Å². The lowest BCUT2D eigenvalue weighted by atomic mass is 10.2. The predicted octanol–water partition coefficient (Wildman–Crippen LogP) is 0.167. The number of esters is 1. The molecule has 0 unspecified atom stereocenters. The molecule has 76 valence electrons. The number of carboxylic acid groups (broad SMARTS) is 1. The van der Waals surface area contributed by atoms with Crippen molar-refractivity contribution in [2.45, 2.75) is 25.7 Å². The molecule has 5 heteroatoms. The third-order valence-electron chi connectivity index (χ3n) is 1.36. The summed E-state index contributed by atoms with van der Waals surface area (Å²) in [7, 11) is 0. The van der Waals surface area contributed by atoms with Crippen molar-refractivity contribution in [3.63, 3.8) is 0 Å². The molecule has 0 bridgehead atoms. The van der Waals surface area contributed by atoms with Crippen molar-refractivity contribution in [3.05, 3.63) is 0 Å². The van der Waals surface area contributed by atoms with E-state index >= 15 is 0 Å². The molecular weight excluding hydrogens is 176 g/mol. The molecule has 0 aliphatic rings. The molecule has 0 atom stereocenters. The summed E-state index contributed by atoms with van der Waals surface area (Å²) in [5.41, 5.74) is 0. The van der Waals surface area contributed by atoms with Crippen LogP contribution in [-0.2, 0) is 14.3 Å². The molecule has 0 radical (unpaired) electrons. The minimum Gasteiger partial charge on any atom is -0.481 e. The first-order chi connectivity index (χ1) is 6.16. The van der Waals surface area contributed by atoms with Gasteiger partial charge >= 0.3 is 11.9 Å². The molecule has 13 heavy (non-hydrogen) atoms. The van der Waals surface area contributed by atoms with Gasteiger partial charge in [0.15, 0.2) is 0 Å². The highest BCUT2D eigenvalue weighted by atomic mass is 16.5. The van der Waals surface area contributed by atoms with E-state index in [0.717, 1.165) is 6.42 Å². The number of carbonyl (C=O) groups excluding carboxylic acids is 1. The SMILES string of the molecule is O=C(O)CC(=O)OCCCCCO. The number of aliphatic hydroxyl groups is 1. The molecule has 0 saturated heterocycles. The Morgan fingerprint density at radius 1 is 1.15 bits per heavy atom. The van der Waals surface area contributed by atoms with Crippen molar-refractivity contribution in [2.24, 2.45) is 0 Å². The van der Waals surface area contributed by atoms with Crippen LogP contribution in [0, 0.1) is 0 Å². The van der Waals surface area contributed by atoms with Crippen molar-refractivity contribution in [1.29, 1.82) is 0 Å². The first-order valence-electron chi connectivity index (χ1n) is 4.15. The van der Waals surface area contributed by atoms with Crippen molar-refractivity contribution < 1.29 is 24.5 Å². The summed E-state index contributed by atoms with van der Waals surface area (Å²) < 4.78 is 4.60. The Hall–Kier alpha value is -1.10. The van der Waals surface area contributed by atoms with E-state index < -0.39 is 18.4 Å². The van der Waals surface area contributed by atoms with E-state index in [-0.39, 0.29) is 13.2 Å². The fourth-order valence-corrected chi connectivity index (χ4v) is 0.751. The second-order valence-electron chi connectivity index (χ2n) is 2.58. The summed E-state index contributed by atoms with van der Waals surface area (Å²) in [6.07, 6.45) is 1.53. The molecule has 0 aliphatic carbocycles. The van der Waals surface area contributed by atoms with E-state index in [0.29, 0.717) is 12.8 Å². The van der Waals surface area contributed by atoms with Crippen LogP contribution < -0.4 is 0 Å². The number of carbonyl (C=O) groups is 2. The molecular formula is C8H14O5. The number of rotatable bonds is 7. The Kier molecular flexibility index (Phi) is 6.91. The van der Waals surface area contributed by atoms with Crippen LogP contribution in [0.3, 0.4) is 0 Å². The average Bonchev–Trinajstić information content (AvgIpc) is 2.02. The third-order valence-corrected chi connectivity index (χ3v) is 1.36. The van der Waals surface area contributed by atoms with Crippen molar-refractivity contribution in [2.75, 3.05) is 13.2 Å². The molecule has 0 aromatic heterocycles. The van der Waals surface area contributed by atoms with Gasteiger partial charge in [-0.15, -0.1) is 0 Å². The van der Waals surface area contributed by atoms with Gasteiger partial charge in [0.2, 0.25) is 0 Å². The lowest BCUT2D eigenvalue weighted by molar-refractivity contribution is -0.151. The van der Waals surface area contributed by atoms with E-state index in [9.17, 15) is 9.59 Å². The Morgan fingerprint density at radius 2 is 1.85 bits per heavy atom.